The van der Waals surface area contributed by atoms with Gasteiger partial charge in [0.1, 0.15) is 0 Å². The second-order valence-electron chi connectivity index (χ2n) is 4.44. The molecule has 0 unspecified atom stereocenters. The first-order chi connectivity index (χ1) is 9.60. The number of aryl methyl sites for hydroxylation is 1. The summed E-state index contributed by atoms with van der Waals surface area (Å²) in [5.74, 6) is 0.667. The molecular formula is C16H15IO3. The highest BCUT2D eigenvalue weighted by Gasteiger charge is 2.08. The largest absolute Gasteiger partial charge is 0.504 e. The summed E-state index contributed by atoms with van der Waals surface area (Å²) >= 11 is 2.20. The zero-order valence-electron chi connectivity index (χ0n) is 11.1. The van der Waals surface area contributed by atoms with E-state index < -0.39 is 0 Å². The Balaban J connectivity index is 2.03. The molecule has 2 aromatic rings. The highest BCUT2D eigenvalue weighted by atomic mass is 127. The predicted molar refractivity (Wildman–Crippen MR) is 86.5 cm³/mol. The van der Waals surface area contributed by atoms with Gasteiger partial charge in [0.05, 0.1) is 7.11 Å². The molecule has 0 fully saturated rings. The Morgan fingerprint density at radius 2 is 2.05 bits per heavy atom. The van der Waals surface area contributed by atoms with Gasteiger partial charge in [-0.25, -0.2) is 0 Å². The number of hydrogen-bond donors (Lipinski definition) is 1. The van der Waals surface area contributed by atoms with Crippen LogP contribution in [0.5, 0.6) is 11.5 Å². The number of phenols is 1. The molecule has 0 spiro atoms. The van der Waals surface area contributed by atoms with Crippen LogP contribution in [0.4, 0.5) is 0 Å². The van der Waals surface area contributed by atoms with E-state index in [9.17, 15) is 9.90 Å². The zero-order valence-corrected chi connectivity index (χ0v) is 13.3. The fourth-order valence-electron chi connectivity index (χ4n) is 1.94. The van der Waals surface area contributed by atoms with Crippen LogP contribution in [0, 0.1) is 3.57 Å². The maximum absolute atomic E-state index is 12.1. The molecule has 0 saturated heterocycles. The monoisotopic (exact) mass is 382 g/mol. The predicted octanol–water partition coefficient (Wildman–Crippen LogP) is 3.82. The van der Waals surface area contributed by atoms with E-state index >= 15 is 0 Å². The quantitative estimate of drug-likeness (QED) is 0.632. The van der Waals surface area contributed by atoms with E-state index in [0.29, 0.717) is 18.6 Å². The van der Waals surface area contributed by atoms with E-state index in [1.165, 1.54) is 7.11 Å². The van der Waals surface area contributed by atoms with E-state index in [0.717, 1.165) is 14.7 Å². The van der Waals surface area contributed by atoms with Crippen molar-refractivity contribution in [2.75, 3.05) is 7.11 Å². The molecule has 2 aromatic carbocycles. The minimum absolute atomic E-state index is 0.111. The minimum atomic E-state index is 0.111. The molecule has 0 aromatic heterocycles. The Bertz CT molecular complexity index is 623. The summed E-state index contributed by atoms with van der Waals surface area (Å²) in [6, 6.07) is 12.7. The first-order valence-electron chi connectivity index (χ1n) is 6.25. The van der Waals surface area contributed by atoms with Gasteiger partial charge in [-0.3, -0.25) is 4.79 Å². The summed E-state index contributed by atoms with van der Waals surface area (Å²) in [4.78, 5) is 12.1. The molecule has 0 amide bonds. The smallest absolute Gasteiger partial charge is 0.163 e. The summed E-state index contributed by atoms with van der Waals surface area (Å²) in [6.45, 7) is 0. The summed E-state index contributed by atoms with van der Waals surface area (Å²) in [5, 5.41) is 9.53. The Morgan fingerprint density at radius 1 is 1.25 bits per heavy atom. The SMILES string of the molecule is COc1cc(CCC(=O)c2cccc(I)c2)ccc1O. The van der Waals surface area contributed by atoms with Crippen LogP contribution in [-0.4, -0.2) is 18.0 Å². The van der Waals surface area contributed by atoms with Crippen molar-refractivity contribution < 1.29 is 14.6 Å². The van der Waals surface area contributed by atoms with Gasteiger partial charge in [0.25, 0.3) is 0 Å². The van der Waals surface area contributed by atoms with Gasteiger partial charge in [-0.2, -0.15) is 0 Å². The number of halogens is 1. The molecule has 0 aliphatic rings. The summed E-state index contributed by atoms with van der Waals surface area (Å²) in [7, 11) is 1.51. The van der Waals surface area contributed by atoms with Crippen LogP contribution in [0.3, 0.4) is 0 Å². The average molecular weight is 382 g/mol. The van der Waals surface area contributed by atoms with Gasteiger partial charge in [-0.05, 0) is 58.8 Å². The lowest BCUT2D eigenvalue weighted by Gasteiger charge is -2.06. The molecule has 4 heteroatoms. The van der Waals surface area contributed by atoms with Crippen LogP contribution in [0.25, 0.3) is 0 Å². The van der Waals surface area contributed by atoms with Crippen molar-refractivity contribution in [3.05, 3.63) is 57.2 Å². The highest BCUT2D eigenvalue weighted by molar-refractivity contribution is 14.1. The van der Waals surface area contributed by atoms with Gasteiger partial charge in [0.2, 0.25) is 0 Å². The summed E-state index contributed by atoms with van der Waals surface area (Å²) in [5.41, 5.74) is 1.71. The maximum Gasteiger partial charge on any atom is 0.163 e. The van der Waals surface area contributed by atoms with Crippen molar-refractivity contribution in [2.45, 2.75) is 12.8 Å². The Morgan fingerprint density at radius 3 is 2.75 bits per heavy atom. The zero-order chi connectivity index (χ0) is 14.5. The number of benzene rings is 2. The molecule has 0 aliphatic carbocycles. The van der Waals surface area contributed by atoms with E-state index in [4.69, 9.17) is 4.74 Å². The first-order valence-corrected chi connectivity index (χ1v) is 7.32. The second-order valence-corrected chi connectivity index (χ2v) is 5.69. The normalized spacial score (nSPS) is 10.3. The van der Waals surface area contributed by atoms with Gasteiger partial charge in [-0.1, -0.05) is 18.2 Å². The lowest BCUT2D eigenvalue weighted by atomic mass is 10.0. The van der Waals surface area contributed by atoms with Crippen LogP contribution in [0.1, 0.15) is 22.3 Å². The van der Waals surface area contributed by atoms with Crippen molar-refractivity contribution in [2.24, 2.45) is 0 Å². The fraction of sp³-hybridized carbons (Fsp3) is 0.188. The molecule has 104 valence electrons. The summed E-state index contributed by atoms with van der Waals surface area (Å²) in [6.07, 6.45) is 1.06. The number of Topliss-reactive ketones (excluding diaryl/α,β-unsaturated/α-hetero) is 1. The van der Waals surface area contributed by atoms with Crippen LogP contribution in [0.15, 0.2) is 42.5 Å². The molecule has 1 N–H and O–H groups in total. The lowest BCUT2D eigenvalue weighted by molar-refractivity contribution is 0.0982. The van der Waals surface area contributed by atoms with Crippen molar-refractivity contribution in [3.8, 4) is 11.5 Å². The second kappa shape index (κ2) is 6.74. The van der Waals surface area contributed by atoms with Crippen molar-refractivity contribution >= 4 is 28.4 Å². The van der Waals surface area contributed by atoms with Crippen molar-refractivity contribution in [1.29, 1.82) is 0 Å². The summed E-state index contributed by atoms with van der Waals surface area (Å²) < 4.78 is 6.11. The molecule has 0 heterocycles. The van der Waals surface area contributed by atoms with Gasteiger partial charge in [0, 0.05) is 15.6 Å². The van der Waals surface area contributed by atoms with Crippen LogP contribution < -0.4 is 4.74 Å². The maximum atomic E-state index is 12.1. The molecule has 0 aliphatic heterocycles. The Kier molecular flexibility index (Phi) is 5.00. The lowest BCUT2D eigenvalue weighted by Crippen LogP contribution is -2.01. The average Bonchev–Trinajstić information content (AvgIpc) is 2.46. The number of ketones is 1. The standard InChI is InChI=1S/C16H15IO3/c1-20-16-9-11(6-8-15(16)19)5-7-14(18)12-3-2-4-13(17)10-12/h2-4,6,8-10,19H,5,7H2,1H3. The number of carbonyl (C=O) groups excluding carboxylic acids is 1. The van der Waals surface area contributed by atoms with Gasteiger partial charge < -0.3 is 9.84 Å². The van der Waals surface area contributed by atoms with E-state index in [2.05, 4.69) is 22.6 Å². The molecule has 0 bridgehead atoms. The third-order valence-corrected chi connectivity index (χ3v) is 3.70. The number of hydrogen-bond acceptors (Lipinski definition) is 3. The van der Waals surface area contributed by atoms with E-state index in [-0.39, 0.29) is 11.5 Å². The number of rotatable bonds is 5. The number of phenolic OH excluding ortho intramolecular Hbond substituents is 1. The highest BCUT2D eigenvalue weighted by Crippen LogP contribution is 2.26. The van der Waals surface area contributed by atoms with Crippen molar-refractivity contribution in [1.82, 2.24) is 0 Å². The van der Waals surface area contributed by atoms with Crippen LogP contribution in [0.2, 0.25) is 0 Å². The Hall–Kier alpha value is -1.56. The third kappa shape index (κ3) is 3.72. The molecule has 0 saturated carbocycles. The minimum Gasteiger partial charge on any atom is -0.504 e. The Labute approximate surface area is 131 Å². The fourth-order valence-corrected chi connectivity index (χ4v) is 2.48. The first kappa shape index (κ1) is 14.8. The molecule has 0 atom stereocenters. The molecule has 0 radical (unpaired) electrons. The number of carbonyl (C=O) groups is 1. The number of methoxy groups -OCH3 is 1. The number of ether oxygens (including phenoxy) is 1. The van der Waals surface area contributed by atoms with E-state index in [1.807, 2.05) is 24.3 Å². The molecule has 20 heavy (non-hydrogen) atoms. The van der Waals surface area contributed by atoms with Gasteiger partial charge in [0.15, 0.2) is 17.3 Å². The molecular weight excluding hydrogens is 367 g/mol. The van der Waals surface area contributed by atoms with Crippen molar-refractivity contribution in [3.63, 3.8) is 0 Å². The molecule has 2 rings (SSSR count). The van der Waals surface area contributed by atoms with Crippen LogP contribution in [-0.2, 0) is 6.42 Å². The topological polar surface area (TPSA) is 46.5 Å². The third-order valence-electron chi connectivity index (χ3n) is 3.03. The van der Waals surface area contributed by atoms with E-state index in [1.54, 1.807) is 18.2 Å². The van der Waals surface area contributed by atoms with Crippen LogP contribution >= 0.6 is 22.6 Å². The molecule has 3 nitrogen and oxygen atoms in total. The van der Waals surface area contributed by atoms with Gasteiger partial charge >= 0.3 is 0 Å². The van der Waals surface area contributed by atoms with Gasteiger partial charge in [-0.15, -0.1) is 0 Å². The number of aromatic hydroxyl groups is 1.